The molecule has 3 atom stereocenters. The topological polar surface area (TPSA) is 21.3 Å². The average Bonchev–Trinajstić information content (AvgIpc) is 2.94. The third-order valence-electron chi connectivity index (χ3n) is 6.19. The summed E-state index contributed by atoms with van der Waals surface area (Å²) in [5, 5.41) is 3.89. The van der Waals surface area contributed by atoms with Crippen molar-refractivity contribution in [3.63, 3.8) is 0 Å². The lowest BCUT2D eigenvalue weighted by molar-refractivity contribution is 0.110. The van der Waals surface area contributed by atoms with E-state index in [0.29, 0.717) is 16.9 Å². The van der Waals surface area contributed by atoms with E-state index in [1.807, 2.05) is 0 Å². The lowest BCUT2D eigenvalue weighted by Crippen LogP contribution is -2.50. The van der Waals surface area contributed by atoms with Crippen LogP contribution < -0.4 is 10.1 Å². The minimum atomic E-state index is 0.451. The standard InChI is InChI=1S/C19H29NO/c1-18(2)15-9-11-19(3,13-15)17(18)20-12-10-14-5-7-16(21-4)8-6-14/h5-8,15,17,20H,9-13H2,1-4H3. The first-order valence-electron chi connectivity index (χ1n) is 8.32. The van der Waals surface area contributed by atoms with Crippen molar-refractivity contribution in [1.29, 1.82) is 0 Å². The Labute approximate surface area is 129 Å². The van der Waals surface area contributed by atoms with Crippen LogP contribution in [0, 0.1) is 16.7 Å². The summed E-state index contributed by atoms with van der Waals surface area (Å²) in [5.74, 6) is 1.86. The van der Waals surface area contributed by atoms with E-state index in [1.165, 1.54) is 24.8 Å². The van der Waals surface area contributed by atoms with Gasteiger partial charge in [-0.1, -0.05) is 32.9 Å². The summed E-state index contributed by atoms with van der Waals surface area (Å²) in [5.41, 5.74) is 2.36. The van der Waals surface area contributed by atoms with Crippen molar-refractivity contribution in [3.8, 4) is 5.75 Å². The molecule has 2 bridgehead atoms. The van der Waals surface area contributed by atoms with Crippen LogP contribution >= 0.6 is 0 Å². The summed E-state index contributed by atoms with van der Waals surface area (Å²) in [4.78, 5) is 0. The van der Waals surface area contributed by atoms with Crippen molar-refractivity contribution in [2.24, 2.45) is 16.7 Å². The second-order valence-electron chi connectivity index (χ2n) is 7.90. The molecule has 2 nitrogen and oxygen atoms in total. The van der Waals surface area contributed by atoms with Gasteiger partial charge >= 0.3 is 0 Å². The zero-order valence-corrected chi connectivity index (χ0v) is 13.9. The number of hydrogen-bond donors (Lipinski definition) is 1. The number of hydrogen-bond acceptors (Lipinski definition) is 2. The molecule has 1 N–H and O–H groups in total. The van der Waals surface area contributed by atoms with E-state index in [-0.39, 0.29) is 0 Å². The van der Waals surface area contributed by atoms with Gasteiger partial charge in [0, 0.05) is 6.04 Å². The Morgan fingerprint density at radius 2 is 1.90 bits per heavy atom. The Morgan fingerprint density at radius 1 is 1.19 bits per heavy atom. The number of fused-ring (bicyclic) bond motifs is 2. The molecule has 2 aliphatic rings. The van der Waals surface area contributed by atoms with Crippen LogP contribution in [0.4, 0.5) is 0 Å². The van der Waals surface area contributed by atoms with Crippen LogP contribution in [-0.2, 0) is 6.42 Å². The van der Waals surface area contributed by atoms with Gasteiger partial charge in [-0.2, -0.15) is 0 Å². The minimum absolute atomic E-state index is 0.451. The van der Waals surface area contributed by atoms with Gasteiger partial charge < -0.3 is 10.1 Å². The molecule has 2 fully saturated rings. The van der Waals surface area contributed by atoms with Crippen LogP contribution in [0.5, 0.6) is 5.75 Å². The SMILES string of the molecule is COc1ccc(CCNC2C3(C)CCC(C3)C2(C)C)cc1. The van der Waals surface area contributed by atoms with E-state index in [9.17, 15) is 0 Å². The van der Waals surface area contributed by atoms with Gasteiger partial charge in [-0.3, -0.25) is 0 Å². The summed E-state index contributed by atoms with van der Waals surface area (Å²) >= 11 is 0. The lowest BCUT2D eigenvalue weighted by Gasteiger charge is -2.43. The van der Waals surface area contributed by atoms with Crippen molar-refractivity contribution in [2.45, 2.75) is 52.5 Å². The van der Waals surface area contributed by atoms with Gasteiger partial charge in [0.15, 0.2) is 0 Å². The molecule has 0 radical (unpaired) electrons. The largest absolute Gasteiger partial charge is 0.497 e. The molecule has 0 aliphatic heterocycles. The van der Waals surface area contributed by atoms with Crippen LogP contribution in [0.3, 0.4) is 0 Å². The van der Waals surface area contributed by atoms with E-state index in [0.717, 1.165) is 24.6 Å². The van der Waals surface area contributed by atoms with E-state index >= 15 is 0 Å². The predicted molar refractivity (Wildman–Crippen MR) is 87.7 cm³/mol. The lowest BCUT2D eigenvalue weighted by atomic mass is 9.68. The molecule has 0 heterocycles. The van der Waals surface area contributed by atoms with Crippen LogP contribution in [-0.4, -0.2) is 19.7 Å². The normalized spacial score (nSPS) is 33.3. The first kappa shape index (κ1) is 14.9. The maximum Gasteiger partial charge on any atom is 0.118 e. The highest BCUT2D eigenvalue weighted by molar-refractivity contribution is 5.27. The predicted octanol–water partition coefficient (Wildman–Crippen LogP) is 4.04. The van der Waals surface area contributed by atoms with E-state index < -0.39 is 0 Å². The second-order valence-corrected chi connectivity index (χ2v) is 7.90. The molecule has 21 heavy (non-hydrogen) atoms. The van der Waals surface area contributed by atoms with Crippen molar-refractivity contribution in [1.82, 2.24) is 5.32 Å². The summed E-state index contributed by atoms with van der Waals surface area (Å²) in [6.45, 7) is 8.50. The first-order chi connectivity index (χ1) is 9.95. The molecule has 0 aromatic heterocycles. The smallest absolute Gasteiger partial charge is 0.118 e. The van der Waals surface area contributed by atoms with Crippen LogP contribution in [0.25, 0.3) is 0 Å². The zero-order chi connectivity index (χ0) is 15.1. The van der Waals surface area contributed by atoms with Crippen LogP contribution in [0.1, 0.15) is 45.6 Å². The monoisotopic (exact) mass is 287 g/mol. The first-order valence-corrected chi connectivity index (χ1v) is 8.32. The number of nitrogens with one attached hydrogen (secondary N) is 1. The average molecular weight is 287 g/mol. The molecule has 0 spiro atoms. The summed E-state index contributed by atoms with van der Waals surface area (Å²) in [7, 11) is 1.72. The van der Waals surface area contributed by atoms with Gasteiger partial charge in [0.1, 0.15) is 5.75 Å². The molecule has 0 saturated heterocycles. The summed E-state index contributed by atoms with van der Waals surface area (Å²) < 4.78 is 5.21. The molecule has 3 unspecified atom stereocenters. The van der Waals surface area contributed by atoms with Crippen LogP contribution in [0.2, 0.25) is 0 Å². The molecule has 1 aromatic rings. The highest BCUT2D eigenvalue weighted by atomic mass is 16.5. The highest BCUT2D eigenvalue weighted by Crippen LogP contribution is 2.62. The third kappa shape index (κ3) is 2.59. The molecule has 116 valence electrons. The minimum Gasteiger partial charge on any atom is -0.497 e. The Balaban J connectivity index is 1.57. The van der Waals surface area contributed by atoms with E-state index in [4.69, 9.17) is 4.74 Å². The van der Waals surface area contributed by atoms with Gasteiger partial charge in [0.05, 0.1) is 7.11 Å². The highest BCUT2D eigenvalue weighted by Gasteiger charge is 2.58. The fourth-order valence-electron chi connectivity index (χ4n) is 4.96. The third-order valence-corrected chi connectivity index (χ3v) is 6.19. The fourth-order valence-corrected chi connectivity index (χ4v) is 4.96. The zero-order valence-electron chi connectivity index (χ0n) is 13.9. The van der Waals surface area contributed by atoms with Gasteiger partial charge in [0.2, 0.25) is 0 Å². The molecule has 2 saturated carbocycles. The molecular formula is C19H29NO. The van der Waals surface area contributed by atoms with Gasteiger partial charge in [-0.15, -0.1) is 0 Å². The Bertz CT molecular complexity index is 488. The van der Waals surface area contributed by atoms with Gasteiger partial charge in [-0.05, 0) is 66.7 Å². The fraction of sp³-hybridized carbons (Fsp3) is 0.684. The van der Waals surface area contributed by atoms with Crippen molar-refractivity contribution in [2.75, 3.05) is 13.7 Å². The van der Waals surface area contributed by atoms with E-state index in [2.05, 4.69) is 50.4 Å². The summed E-state index contributed by atoms with van der Waals surface area (Å²) in [6.07, 6.45) is 5.35. The Kier molecular flexibility index (Phi) is 3.77. The van der Waals surface area contributed by atoms with Gasteiger partial charge in [0.25, 0.3) is 0 Å². The Morgan fingerprint density at radius 3 is 2.48 bits per heavy atom. The number of ether oxygens (including phenoxy) is 1. The van der Waals surface area contributed by atoms with Crippen molar-refractivity contribution >= 4 is 0 Å². The summed E-state index contributed by atoms with van der Waals surface area (Å²) in [6, 6.07) is 9.13. The number of benzene rings is 1. The molecular weight excluding hydrogens is 258 g/mol. The molecule has 2 heteroatoms. The molecule has 2 aliphatic carbocycles. The maximum absolute atomic E-state index is 5.21. The quantitative estimate of drug-likeness (QED) is 0.882. The molecule has 1 aromatic carbocycles. The van der Waals surface area contributed by atoms with Crippen molar-refractivity contribution in [3.05, 3.63) is 29.8 Å². The van der Waals surface area contributed by atoms with E-state index in [1.54, 1.807) is 7.11 Å². The van der Waals surface area contributed by atoms with Crippen molar-refractivity contribution < 1.29 is 4.74 Å². The molecule has 3 rings (SSSR count). The Hall–Kier alpha value is -1.02. The second kappa shape index (κ2) is 5.31. The molecule has 0 amide bonds. The van der Waals surface area contributed by atoms with Gasteiger partial charge in [-0.25, -0.2) is 0 Å². The maximum atomic E-state index is 5.21. The number of methoxy groups -OCH3 is 1. The number of rotatable bonds is 5. The van der Waals surface area contributed by atoms with Crippen LogP contribution in [0.15, 0.2) is 24.3 Å².